The van der Waals surface area contributed by atoms with Crippen LogP contribution in [-0.4, -0.2) is 76.2 Å². The number of benzene rings is 2. The predicted octanol–water partition coefficient (Wildman–Crippen LogP) is 3.98. The van der Waals surface area contributed by atoms with Crippen LogP contribution in [0.15, 0.2) is 53.3 Å². The van der Waals surface area contributed by atoms with Crippen LogP contribution in [0, 0.1) is 0 Å². The Balaban J connectivity index is 1.12. The van der Waals surface area contributed by atoms with E-state index in [-0.39, 0.29) is 80.4 Å². The van der Waals surface area contributed by atoms with Crippen molar-refractivity contribution in [3.8, 4) is 17.1 Å². The molecule has 2 aromatic carbocycles. The molecule has 4 aromatic rings. The Bertz CT molecular complexity index is 2360. The molecule has 0 bridgehead atoms. The summed E-state index contributed by atoms with van der Waals surface area (Å²) in [7, 11) is 0. The fraction of sp³-hybridized carbons (Fsp3) is 0.432. The van der Waals surface area contributed by atoms with Crippen molar-refractivity contribution in [2.75, 3.05) is 19.8 Å². The van der Waals surface area contributed by atoms with Gasteiger partial charge in [0.15, 0.2) is 5.78 Å². The minimum absolute atomic E-state index is 0.0121. The lowest BCUT2D eigenvalue weighted by Gasteiger charge is -2.35. The number of amides is 2. The quantitative estimate of drug-likeness (QED) is 0.0726. The van der Waals surface area contributed by atoms with Gasteiger partial charge in [-0.15, -0.1) is 0 Å². The Hall–Kier alpha value is -6.13. The summed E-state index contributed by atoms with van der Waals surface area (Å²) < 4.78 is 23.5. The van der Waals surface area contributed by atoms with Gasteiger partial charge in [0, 0.05) is 29.0 Å². The maximum Gasteiger partial charge on any atom is 0.510 e. The van der Waals surface area contributed by atoms with Gasteiger partial charge in [-0.25, -0.2) is 14.6 Å². The molecule has 0 saturated carbocycles. The van der Waals surface area contributed by atoms with Gasteiger partial charge in [-0.2, -0.15) is 0 Å². The van der Waals surface area contributed by atoms with Gasteiger partial charge in [0.2, 0.25) is 17.4 Å². The Morgan fingerprint density at radius 1 is 0.967 bits per heavy atom. The summed E-state index contributed by atoms with van der Waals surface area (Å²) in [6.45, 7) is 6.75. The molecule has 4 heterocycles. The third kappa shape index (κ3) is 9.34. The lowest BCUT2D eigenvalue weighted by molar-refractivity contribution is -0.175. The Morgan fingerprint density at radius 3 is 2.37 bits per heavy atom. The zero-order valence-corrected chi connectivity index (χ0v) is 34.3. The van der Waals surface area contributed by atoms with Crippen LogP contribution in [0.2, 0.25) is 0 Å². The second kappa shape index (κ2) is 18.8. The molecule has 0 spiro atoms. The van der Waals surface area contributed by atoms with Gasteiger partial charge in [-0.3, -0.25) is 19.2 Å². The van der Waals surface area contributed by atoms with Crippen molar-refractivity contribution in [1.29, 1.82) is 0 Å². The summed E-state index contributed by atoms with van der Waals surface area (Å²) in [4.78, 5) is 83.5. The highest BCUT2D eigenvalue weighted by Gasteiger charge is 2.51. The standard InChI is InChI=1S/C44H51N5O11/c1-5-29-30-18-28(50)14-15-34(30)48-40-31(29)20-49-36(40)19-33-32(41(49)54)22-58-42(55)44(33,6-2)60-43(56)59-21-27-12-10-26(11-13-27)17-37(51)35(9-7-8-16-45)47-39(53)24-57-23-38(52)46-25(3)4/h10-15,18-19,25,35,50H,5-9,16-17,20-24,45H2,1-4H3,(H,46,52)(H,47,53). The van der Waals surface area contributed by atoms with Crippen LogP contribution in [0.4, 0.5) is 4.79 Å². The van der Waals surface area contributed by atoms with Gasteiger partial charge in [-0.05, 0) is 93.5 Å². The number of carbonyl (C=O) groups excluding carboxylic acids is 5. The topological polar surface area (TPSA) is 227 Å². The minimum Gasteiger partial charge on any atom is -0.508 e. The molecule has 6 rings (SSSR count). The van der Waals surface area contributed by atoms with Crippen molar-refractivity contribution >= 4 is 40.6 Å². The lowest BCUT2D eigenvalue weighted by Crippen LogP contribution is -2.47. The predicted molar refractivity (Wildman–Crippen MR) is 219 cm³/mol. The highest BCUT2D eigenvalue weighted by molar-refractivity contribution is 5.92. The number of aromatic hydroxyl groups is 1. The molecule has 2 unspecified atom stereocenters. The largest absolute Gasteiger partial charge is 0.510 e. The highest BCUT2D eigenvalue weighted by Crippen LogP contribution is 2.42. The van der Waals surface area contributed by atoms with E-state index in [1.165, 1.54) is 0 Å². The molecule has 2 aliphatic rings. The van der Waals surface area contributed by atoms with E-state index in [1.54, 1.807) is 60.0 Å². The summed E-state index contributed by atoms with van der Waals surface area (Å²) in [6, 6.07) is 12.5. The van der Waals surface area contributed by atoms with E-state index in [4.69, 9.17) is 29.7 Å². The second-order valence-electron chi connectivity index (χ2n) is 15.3. The van der Waals surface area contributed by atoms with Crippen LogP contribution in [0.25, 0.3) is 22.3 Å². The molecular weight excluding hydrogens is 775 g/mol. The molecule has 5 N–H and O–H groups in total. The summed E-state index contributed by atoms with van der Waals surface area (Å²) in [5.74, 6) is -1.82. The molecule has 2 aliphatic heterocycles. The van der Waals surface area contributed by atoms with Crippen LogP contribution in [0.1, 0.15) is 86.8 Å². The summed E-state index contributed by atoms with van der Waals surface area (Å²) in [5.41, 5.74) is 8.37. The molecule has 318 valence electrons. The number of unbranched alkanes of at least 4 members (excludes halogenated alkanes) is 1. The number of esters is 1. The minimum atomic E-state index is -1.97. The number of phenols is 1. The maximum atomic E-state index is 14.0. The second-order valence-corrected chi connectivity index (χ2v) is 15.3. The monoisotopic (exact) mass is 825 g/mol. The molecule has 0 saturated heterocycles. The van der Waals surface area contributed by atoms with Crippen LogP contribution < -0.4 is 21.9 Å². The summed E-state index contributed by atoms with van der Waals surface area (Å²) in [5, 5.41) is 16.4. The highest BCUT2D eigenvalue weighted by atomic mass is 16.7. The number of phenolic OH excluding ortho intramolecular Hbond substituents is 1. The van der Waals surface area contributed by atoms with E-state index < -0.39 is 35.2 Å². The van der Waals surface area contributed by atoms with Crippen LogP contribution in [-0.2, 0) is 76.3 Å². The molecule has 16 heteroatoms. The first kappa shape index (κ1) is 43.4. The fourth-order valence-electron chi connectivity index (χ4n) is 7.75. The number of nitrogens with one attached hydrogen (secondary N) is 2. The van der Waals surface area contributed by atoms with E-state index in [1.807, 2.05) is 20.8 Å². The Kier molecular flexibility index (Phi) is 13.6. The van der Waals surface area contributed by atoms with Gasteiger partial charge in [0.1, 0.15) is 32.2 Å². The van der Waals surface area contributed by atoms with Crippen molar-refractivity contribution in [3.63, 3.8) is 0 Å². The molecule has 0 aliphatic carbocycles. The number of hydrogen-bond acceptors (Lipinski definition) is 13. The van der Waals surface area contributed by atoms with E-state index in [0.717, 1.165) is 16.5 Å². The zero-order valence-electron chi connectivity index (χ0n) is 34.3. The molecule has 2 atom stereocenters. The SMILES string of the molecule is CCc1c2c(nc3ccc(O)cc13)-c1cc3c(c(=O)n1C2)COC(=O)C3(CC)OC(=O)OCc1ccc(CC(=O)C(CCCCN)NC(=O)COCC(=O)NC(C)C)cc1. The number of hydrogen-bond donors (Lipinski definition) is 4. The van der Waals surface area contributed by atoms with Crippen molar-refractivity contribution in [2.45, 2.75) is 104 Å². The average Bonchev–Trinajstić information content (AvgIpc) is 3.58. The Labute approximate surface area is 346 Å². The smallest absolute Gasteiger partial charge is 0.508 e. The van der Waals surface area contributed by atoms with Gasteiger partial charge in [0.25, 0.3) is 5.56 Å². The number of ether oxygens (including phenoxy) is 4. The zero-order chi connectivity index (χ0) is 43.1. The number of nitrogens with two attached hydrogens (primary N) is 1. The molecule has 2 aromatic heterocycles. The number of aryl methyl sites for hydroxylation is 1. The van der Waals surface area contributed by atoms with Crippen molar-refractivity contribution in [3.05, 3.63) is 92.3 Å². The van der Waals surface area contributed by atoms with Crippen LogP contribution >= 0.6 is 0 Å². The van der Waals surface area contributed by atoms with Crippen LogP contribution in [0.3, 0.4) is 0 Å². The van der Waals surface area contributed by atoms with Gasteiger partial charge < -0.3 is 45.0 Å². The maximum absolute atomic E-state index is 14.0. The molecule has 0 radical (unpaired) electrons. The summed E-state index contributed by atoms with van der Waals surface area (Å²) >= 11 is 0. The van der Waals surface area contributed by atoms with E-state index in [0.29, 0.717) is 60.3 Å². The fourth-order valence-corrected chi connectivity index (χ4v) is 7.75. The Morgan fingerprint density at radius 2 is 1.68 bits per heavy atom. The molecule has 0 fully saturated rings. The van der Waals surface area contributed by atoms with E-state index in [2.05, 4.69) is 10.6 Å². The van der Waals surface area contributed by atoms with Crippen molar-refractivity contribution < 1.29 is 48.0 Å². The third-order valence-electron chi connectivity index (χ3n) is 10.7. The van der Waals surface area contributed by atoms with E-state index >= 15 is 0 Å². The number of rotatable bonds is 18. The normalized spacial score (nSPS) is 15.7. The number of Topliss-reactive ketones (excluding diaryl/α,β-unsaturated/α-hetero) is 1. The van der Waals surface area contributed by atoms with Crippen LogP contribution in [0.5, 0.6) is 5.75 Å². The molecule has 16 nitrogen and oxygen atoms in total. The number of nitrogens with zero attached hydrogens (tertiary/aromatic N) is 2. The molecular formula is C44H51N5O11. The summed E-state index contributed by atoms with van der Waals surface area (Å²) in [6.07, 6.45) is 1.11. The number of ketones is 1. The first-order chi connectivity index (χ1) is 28.8. The average molecular weight is 826 g/mol. The number of cyclic esters (lactones) is 1. The molecule has 60 heavy (non-hydrogen) atoms. The van der Waals surface area contributed by atoms with Crippen molar-refractivity contribution in [1.82, 2.24) is 20.2 Å². The number of pyridine rings is 2. The van der Waals surface area contributed by atoms with E-state index in [9.17, 15) is 33.9 Å². The number of aromatic nitrogens is 2. The van der Waals surface area contributed by atoms with Crippen molar-refractivity contribution in [2.24, 2.45) is 5.73 Å². The molecule has 2 amide bonds. The third-order valence-corrected chi connectivity index (χ3v) is 10.7. The first-order valence-corrected chi connectivity index (χ1v) is 20.2. The first-order valence-electron chi connectivity index (χ1n) is 20.2. The lowest BCUT2D eigenvalue weighted by atomic mass is 9.85. The number of fused-ring (bicyclic) bond motifs is 5. The van der Waals surface area contributed by atoms with Gasteiger partial charge in [0.05, 0.1) is 35.1 Å². The van der Waals surface area contributed by atoms with Gasteiger partial charge >= 0.3 is 12.1 Å². The van der Waals surface area contributed by atoms with Gasteiger partial charge in [-0.1, -0.05) is 38.1 Å². The number of carbonyl (C=O) groups is 5.